The van der Waals surface area contributed by atoms with Crippen LogP contribution < -0.4 is 29.0 Å². The Balaban J connectivity index is 0.000000159. The van der Waals surface area contributed by atoms with Crippen LogP contribution in [0, 0.1) is 12.8 Å². The Labute approximate surface area is 612 Å². The fourth-order valence-corrected chi connectivity index (χ4v) is 18.2. The summed E-state index contributed by atoms with van der Waals surface area (Å²) in [5.41, 5.74) is 9.02. The van der Waals surface area contributed by atoms with Crippen LogP contribution in [0.1, 0.15) is 128 Å². The molecule has 6 aromatic carbocycles. The zero-order valence-corrected chi connectivity index (χ0v) is 60.4. The highest BCUT2D eigenvalue weighted by Gasteiger charge is 2.52. The van der Waals surface area contributed by atoms with Gasteiger partial charge in [-0.15, -0.1) is 0 Å². The summed E-state index contributed by atoms with van der Waals surface area (Å²) in [5.74, 6) is 4.96. The highest BCUT2D eigenvalue weighted by molar-refractivity contribution is 7.89. The Hall–Kier alpha value is -9.64. The largest absolute Gasteiger partial charge is 0.496 e. The number of nitrogens with one attached hydrogen (secondary N) is 1. The lowest BCUT2D eigenvalue weighted by Crippen LogP contribution is -2.38. The molecule has 1 atom stereocenters. The van der Waals surface area contributed by atoms with Gasteiger partial charge in [0.25, 0.3) is 0 Å². The van der Waals surface area contributed by atoms with E-state index in [1.807, 2.05) is 141 Å². The van der Waals surface area contributed by atoms with E-state index >= 15 is 0 Å². The number of carbonyl (C=O) groups is 3. The first-order chi connectivity index (χ1) is 50.4. The van der Waals surface area contributed by atoms with E-state index < -0.39 is 36.3 Å². The Bertz CT molecular complexity index is 4900. The van der Waals surface area contributed by atoms with Gasteiger partial charge in [0.1, 0.15) is 23.1 Å². The third-order valence-electron chi connectivity index (χ3n) is 21.4. The van der Waals surface area contributed by atoms with E-state index in [4.69, 9.17) is 28.7 Å². The van der Waals surface area contributed by atoms with Gasteiger partial charge in [-0.1, -0.05) is 117 Å². The molecular weight excluding hydrogens is 1350 g/mol. The number of fused-ring (bicyclic) bond motifs is 2. The summed E-state index contributed by atoms with van der Waals surface area (Å²) in [6, 6.07) is 55.8. The van der Waals surface area contributed by atoms with Gasteiger partial charge in [-0.05, 0) is 191 Å². The van der Waals surface area contributed by atoms with Crippen molar-refractivity contribution in [3.8, 4) is 62.4 Å². The topological polar surface area (TPSA) is 243 Å². The second-order valence-corrected chi connectivity index (χ2v) is 32.0. The number of benzene rings is 6. The minimum Gasteiger partial charge on any atom is -0.496 e. The van der Waals surface area contributed by atoms with Crippen LogP contribution in [-0.4, -0.2) is 116 Å². The Kier molecular flexibility index (Phi) is 20.7. The number of amides is 1. The zero-order chi connectivity index (χ0) is 72.2. The summed E-state index contributed by atoms with van der Waals surface area (Å²) in [6.07, 6.45) is 13.8. The molecule has 1 saturated heterocycles. The number of ketones is 2. The number of methoxy groups -OCH3 is 1. The Morgan fingerprint density at radius 2 is 1.19 bits per heavy atom. The molecule has 0 radical (unpaired) electrons. The van der Waals surface area contributed by atoms with E-state index in [9.17, 15) is 36.3 Å². The molecule has 3 aromatic heterocycles. The molecule has 2 N–H and O–H groups in total. The Morgan fingerprint density at radius 1 is 0.606 bits per heavy atom. The van der Waals surface area contributed by atoms with E-state index in [1.165, 1.54) is 4.31 Å². The average molecular weight is 1450 g/mol. The van der Waals surface area contributed by atoms with Crippen LogP contribution in [0.5, 0.6) is 28.7 Å². The number of anilines is 1. The number of aryl methyl sites for hydroxylation is 1. The number of nitrogens with zero attached hydrogens (tertiary/aromatic N) is 5. The van der Waals surface area contributed by atoms with Crippen molar-refractivity contribution in [2.45, 2.75) is 142 Å². The number of Topliss-reactive ketones (excluding diaryl/α,β-unsaturated/α-hetero) is 2. The van der Waals surface area contributed by atoms with E-state index in [-0.39, 0.29) is 59.3 Å². The molecule has 5 fully saturated rings. The summed E-state index contributed by atoms with van der Waals surface area (Å²) >= 11 is 0. The maximum Gasteiger partial charge on any atom is 0.243 e. The van der Waals surface area contributed by atoms with Crippen molar-refractivity contribution in [2.75, 3.05) is 52.3 Å². The monoisotopic (exact) mass is 1440 g/mol. The molecule has 19 nitrogen and oxygen atoms in total. The third kappa shape index (κ3) is 14.9. The summed E-state index contributed by atoms with van der Waals surface area (Å²) < 4.78 is 82.9. The predicted molar refractivity (Wildman–Crippen MR) is 402 cm³/mol. The molecule has 7 aliphatic rings. The number of aliphatic hydroxyl groups is 1. The standard InChI is InChI=1S/C30H32N2O5S.C28H31N3O4S.C25H23NO4.3H2/c1-2-16-32(19-21-6-7-21)38(34,35)25-11-8-22(9-12-25)26-5-3-4-24(31-26)18-29(33)30(14-15-30)23-10-13-27-28(17-23)37-20-36-27;32-20-23-10-7-19-31(23)36(34,35)24-15-13-21(14-16-24)25-11-6-12-26(29-25)30-27(33)28(17-4-5-18-28)22-8-2-1-3-9-22;1-16-11-17(19-5-3-4-6-21(19)28-2)14-26-20(16)13-24(27)25(9-10-25)18-7-8-22-23(12-18)30-15-29-22;;;/h3-5,8-13,17,21H,2,6-7,14-16,18-20H2,1H3;1-3,6,8-9,11-16,23,32H,4-5,7,10,17-20H2,(H,29,30,33);3-8,11-12,14H,9-10,13,15H2,1-2H3;3*1H/t;23-;;;;/m.1..../s1. The van der Waals surface area contributed by atoms with Gasteiger partial charge < -0.3 is 34.1 Å². The molecule has 9 aromatic rings. The number of para-hydroxylation sites is 1. The van der Waals surface area contributed by atoms with Crippen molar-refractivity contribution in [3.05, 3.63) is 222 Å². The van der Waals surface area contributed by atoms with Gasteiger partial charge in [0.15, 0.2) is 23.0 Å². The normalized spacial score (nSPS) is 17.8. The number of sulfonamides is 2. The van der Waals surface area contributed by atoms with E-state index in [1.54, 1.807) is 66.0 Å². The summed E-state index contributed by atoms with van der Waals surface area (Å²) in [4.78, 5) is 54.7. The number of hydrogen-bond donors (Lipinski definition) is 2. The number of carbonyl (C=O) groups excluding carboxylic acids is 3. The van der Waals surface area contributed by atoms with Crippen molar-refractivity contribution < 1.29 is 64.3 Å². The van der Waals surface area contributed by atoms with Gasteiger partial charge in [-0.2, -0.15) is 8.61 Å². The van der Waals surface area contributed by atoms with Crippen LogP contribution in [0.4, 0.5) is 5.82 Å². The number of pyridine rings is 3. The molecule has 0 spiro atoms. The van der Waals surface area contributed by atoms with Gasteiger partial charge in [0.2, 0.25) is 39.5 Å². The highest BCUT2D eigenvalue weighted by Crippen LogP contribution is 2.53. The first-order valence-corrected chi connectivity index (χ1v) is 38.9. The van der Waals surface area contributed by atoms with Crippen molar-refractivity contribution in [2.24, 2.45) is 5.92 Å². The number of aromatic nitrogens is 3. The SMILES string of the molecule is CCCN(CC1CC1)S(=O)(=O)c1ccc(-c2cccc(CC(=O)C3(c4ccc5c(c4)OCO5)CC3)n2)cc1.COc1ccccc1-c1cnc(CC(=O)C2(c3ccc4c(c3)OCO4)CC2)c(C)c1.O=C(Nc1cccc(-c2ccc(S(=O)(=O)N3CCC[C@@H]3CO)cc2)n1)C1(c2ccccc2)CCCC1.[HH].[HH].[HH]. The lowest BCUT2D eigenvalue weighted by Gasteiger charge is -2.28. The molecule has 104 heavy (non-hydrogen) atoms. The molecule has 16 rings (SSSR count). The van der Waals surface area contributed by atoms with Crippen LogP contribution in [0.25, 0.3) is 33.6 Å². The number of hydrogen-bond acceptors (Lipinski definition) is 16. The minimum atomic E-state index is -3.67. The van der Waals surface area contributed by atoms with Crippen molar-refractivity contribution in [3.63, 3.8) is 0 Å². The summed E-state index contributed by atoms with van der Waals surface area (Å²) in [5, 5.41) is 12.6. The summed E-state index contributed by atoms with van der Waals surface area (Å²) in [7, 11) is -5.54. The van der Waals surface area contributed by atoms with Crippen LogP contribution in [0.3, 0.4) is 0 Å². The predicted octanol–water partition coefficient (Wildman–Crippen LogP) is 14.9. The lowest BCUT2D eigenvalue weighted by molar-refractivity contribution is -0.122. The van der Waals surface area contributed by atoms with Gasteiger partial charge >= 0.3 is 0 Å². The number of aliphatic hydroxyl groups excluding tert-OH is 1. The molecule has 21 heteroatoms. The maximum atomic E-state index is 13.5. The second kappa shape index (κ2) is 30.2. The van der Waals surface area contributed by atoms with Crippen molar-refractivity contribution >= 4 is 43.3 Å². The van der Waals surface area contributed by atoms with Gasteiger partial charge in [-0.3, -0.25) is 24.4 Å². The van der Waals surface area contributed by atoms with E-state index in [0.717, 1.165) is 150 Å². The minimum absolute atomic E-state index is 0. The molecular formula is C83H92N6O13S2. The smallest absolute Gasteiger partial charge is 0.243 e. The Morgan fingerprint density at radius 3 is 1.79 bits per heavy atom. The second-order valence-electron chi connectivity index (χ2n) is 28.2. The molecule has 1 amide bonds. The van der Waals surface area contributed by atoms with Crippen LogP contribution in [0.2, 0.25) is 0 Å². The van der Waals surface area contributed by atoms with E-state index in [2.05, 4.69) is 21.4 Å². The van der Waals surface area contributed by atoms with Gasteiger partial charge in [0.05, 0.1) is 56.8 Å². The number of rotatable bonds is 24. The van der Waals surface area contributed by atoms with Gasteiger partial charge in [0, 0.05) is 76.9 Å². The molecule has 3 aliphatic heterocycles. The first kappa shape index (κ1) is 71.4. The number of ether oxygens (including phenoxy) is 5. The zero-order valence-electron chi connectivity index (χ0n) is 58.8. The third-order valence-corrected chi connectivity index (χ3v) is 25.3. The highest BCUT2D eigenvalue weighted by atomic mass is 32.2. The van der Waals surface area contributed by atoms with Crippen LogP contribution in [-0.2, 0) is 63.5 Å². The van der Waals surface area contributed by atoms with Crippen LogP contribution in [0.15, 0.2) is 198 Å². The molecule has 0 bridgehead atoms. The van der Waals surface area contributed by atoms with Crippen molar-refractivity contribution in [1.82, 2.24) is 23.6 Å². The summed E-state index contributed by atoms with van der Waals surface area (Å²) in [6.45, 7) is 5.84. The molecule has 6 heterocycles. The molecule has 4 saturated carbocycles. The molecule has 544 valence electrons. The van der Waals surface area contributed by atoms with Gasteiger partial charge in [-0.25, -0.2) is 21.8 Å². The van der Waals surface area contributed by atoms with Crippen molar-refractivity contribution in [1.29, 1.82) is 0 Å². The van der Waals surface area contributed by atoms with Crippen LogP contribution >= 0.6 is 0 Å². The fraction of sp³-hybridized carbons (Fsp3) is 0.349. The fourth-order valence-electron chi connectivity index (χ4n) is 14.9. The quantitative estimate of drug-likeness (QED) is 0.0571. The molecule has 4 aliphatic carbocycles. The maximum absolute atomic E-state index is 13.5. The van der Waals surface area contributed by atoms with E-state index in [0.29, 0.717) is 72.0 Å². The molecule has 0 unspecified atom stereocenters. The lowest BCUT2D eigenvalue weighted by atomic mass is 9.78. The average Bonchev–Trinajstić information content (AvgIpc) is 1.60. The first-order valence-electron chi connectivity index (χ1n) is 36.0.